The van der Waals surface area contributed by atoms with E-state index in [-0.39, 0.29) is 17.1 Å². The van der Waals surface area contributed by atoms with Gasteiger partial charge in [0.2, 0.25) is 5.91 Å². The lowest BCUT2D eigenvalue weighted by Gasteiger charge is -2.04. The maximum absolute atomic E-state index is 14.0. The second-order valence-corrected chi connectivity index (χ2v) is 3.76. The Hall–Kier alpha value is -1.91. The third kappa shape index (κ3) is 2.13. The fraction of sp³-hybridized carbons (Fsp3) is 0.333. The highest BCUT2D eigenvalue weighted by atomic mass is 19.1. The number of aryl methyl sites for hydroxylation is 1. The van der Waals surface area contributed by atoms with Crippen LogP contribution in [0.4, 0.5) is 10.1 Å². The lowest BCUT2D eigenvalue weighted by molar-refractivity contribution is -0.115. The van der Waals surface area contributed by atoms with Gasteiger partial charge in [-0.15, -0.1) is 0 Å². The Labute approximate surface area is 98.2 Å². The number of imidazole rings is 1. The minimum absolute atomic E-state index is 0.179. The van der Waals surface area contributed by atoms with Crippen molar-refractivity contribution in [1.82, 2.24) is 9.97 Å². The first-order chi connectivity index (χ1) is 8.15. The van der Waals surface area contributed by atoms with Crippen molar-refractivity contribution in [2.45, 2.75) is 26.7 Å². The number of carbonyl (C=O) groups is 1. The van der Waals surface area contributed by atoms with Crippen molar-refractivity contribution in [2.75, 3.05) is 5.32 Å². The number of nitrogens with one attached hydrogen (secondary N) is 2. The van der Waals surface area contributed by atoms with Crippen LogP contribution in [-0.2, 0) is 11.2 Å². The van der Waals surface area contributed by atoms with Crippen LogP contribution in [0.1, 0.15) is 26.1 Å². The highest BCUT2D eigenvalue weighted by molar-refractivity contribution is 5.93. The Bertz CT molecular complexity index is 562. The number of aromatic nitrogens is 2. The third-order valence-corrected chi connectivity index (χ3v) is 2.57. The molecule has 0 saturated heterocycles. The summed E-state index contributed by atoms with van der Waals surface area (Å²) in [5, 5.41) is 2.51. The Morgan fingerprint density at radius 1 is 1.47 bits per heavy atom. The predicted octanol–water partition coefficient (Wildman–Crippen LogP) is 2.61. The first-order valence-electron chi connectivity index (χ1n) is 5.62. The van der Waals surface area contributed by atoms with Gasteiger partial charge in [-0.2, -0.15) is 0 Å². The molecule has 2 N–H and O–H groups in total. The minimum atomic E-state index is -0.486. The van der Waals surface area contributed by atoms with Gasteiger partial charge in [0.15, 0.2) is 5.82 Å². The van der Waals surface area contributed by atoms with Crippen LogP contribution < -0.4 is 5.32 Å². The van der Waals surface area contributed by atoms with E-state index in [2.05, 4.69) is 15.3 Å². The van der Waals surface area contributed by atoms with Crippen molar-refractivity contribution < 1.29 is 9.18 Å². The number of halogens is 1. The van der Waals surface area contributed by atoms with Gasteiger partial charge in [-0.1, -0.05) is 13.8 Å². The first-order valence-corrected chi connectivity index (χ1v) is 5.62. The fourth-order valence-corrected chi connectivity index (χ4v) is 1.60. The second-order valence-electron chi connectivity index (χ2n) is 3.76. The zero-order valence-corrected chi connectivity index (χ0v) is 9.80. The van der Waals surface area contributed by atoms with Gasteiger partial charge in [0.25, 0.3) is 0 Å². The molecule has 0 spiro atoms. The molecule has 0 aliphatic rings. The van der Waals surface area contributed by atoms with Crippen molar-refractivity contribution in [3.8, 4) is 0 Å². The van der Waals surface area contributed by atoms with E-state index >= 15 is 0 Å². The molecule has 1 aromatic heterocycles. The molecule has 4 nitrogen and oxygen atoms in total. The van der Waals surface area contributed by atoms with E-state index in [1.54, 1.807) is 19.1 Å². The molecule has 0 aliphatic heterocycles. The van der Waals surface area contributed by atoms with Crippen molar-refractivity contribution in [3.63, 3.8) is 0 Å². The van der Waals surface area contributed by atoms with E-state index in [9.17, 15) is 9.18 Å². The molecule has 0 atom stereocenters. The quantitative estimate of drug-likeness (QED) is 0.859. The van der Waals surface area contributed by atoms with E-state index in [4.69, 9.17) is 0 Å². The number of benzene rings is 1. The van der Waals surface area contributed by atoms with Crippen LogP contribution in [0, 0.1) is 5.82 Å². The van der Waals surface area contributed by atoms with Crippen LogP contribution in [-0.4, -0.2) is 15.9 Å². The summed E-state index contributed by atoms with van der Waals surface area (Å²) in [5.74, 6) is 0.0348. The predicted molar refractivity (Wildman–Crippen MR) is 64.4 cm³/mol. The van der Waals surface area contributed by atoms with Gasteiger partial charge in [0, 0.05) is 12.8 Å². The van der Waals surface area contributed by atoms with Gasteiger partial charge in [-0.05, 0) is 12.1 Å². The SMILES string of the molecule is CCC(=O)Nc1ccc2[nH]c(CC)nc2c1F. The molecule has 17 heavy (non-hydrogen) atoms. The Balaban J connectivity index is 2.45. The van der Waals surface area contributed by atoms with Gasteiger partial charge >= 0.3 is 0 Å². The maximum Gasteiger partial charge on any atom is 0.224 e. The zero-order chi connectivity index (χ0) is 12.4. The van der Waals surface area contributed by atoms with Gasteiger partial charge in [0.05, 0.1) is 11.2 Å². The van der Waals surface area contributed by atoms with E-state index in [1.807, 2.05) is 6.92 Å². The van der Waals surface area contributed by atoms with Gasteiger partial charge in [-0.3, -0.25) is 4.79 Å². The highest BCUT2D eigenvalue weighted by Gasteiger charge is 2.12. The number of H-pyrrole nitrogens is 1. The lowest BCUT2D eigenvalue weighted by Crippen LogP contribution is -2.10. The standard InChI is InChI=1S/C12H14FN3O/c1-3-9-14-8-6-5-7(15-10(17)4-2)11(13)12(8)16-9/h5-6H,3-4H2,1-2H3,(H,14,16)(H,15,17). The van der Waals surface area contributed by atoms with Crippen molar-refractivity contribution >= 4 is 22.6 Å². The number of hydrogen-bond donors (Lipinski definition) is 2. The van der Waals surface area contributed by atoms with Crippen molar-refractivity contribution in [2.24, 2.45) is 0 Å². The van der Waals surface area contributed by atoms with Gasteiger partial charge in [0.1, 0.15) is 11.3 Å². The molecule has 0 radical (unpaired) electrons. The molecule has 0 aliphatic carbocycles. The molecule has 0 bridgehead atoms. The van der Waals surface area contributed by atoms with Gasteiger partial charge < -0.3 is 10.3 Å². The second kappa shape index (κ2) is 4.53. The van der Waals surface area contributed by atoms with Gasteiger partial charge in [-0.25, -0.2) is 9.37 Å². The first kappa shape index (κ1) is 11.6. The Kier molecular flexibility index (Phi) is 3.08. The van der Waals surface area contributed by atoms with E-state index in [1.165, 1.54) is 0 Å². The fourth-order valence-electron chi connectivity index (χ4n) is 1.60. The monoisotopic (exact) mass is 235 g/mol. The number of carbonyl (C=O) groups excluding carboxylic acids is 1. The molecule has 5 heteroatoms. The molecule has 90 valence electrons. The normalized spacial score (nSPS) is 10.8. The summed E-state index contributed by atoms with van der Waals surface area (Å²) in [7, 11) is 0. The van der Waals surface area contributed by atoms with E-state index in [0.29, 0.717) is 18.4 Å². The Morgan fingerprint density at radius 3 is 2.88 bits per heavy atom. The summed E-state index contributed by atoms with van der Waals surface area (Å²) in [5.41, 5.74) is 1.10. The summed E-state index contributed by atoms with van der Waals surface area (Å²) < 4.78 is 14.0. The molecule has 0 saturated carbocycles. The zero-order valence-electron chi connectivity index (χ0n) is 9.80. The summed E-state index contributed by atoms with van der Waals surface area (Å²) in [4.78, 5) is 18.4. The minimum Gasteiger partial charge on any atom is -0.342 e. The topological polar surface area (TPSA) is 57.8 Å². The molecule has 1 heterocycles. The van der Waals surface area contributed by atoms with Crippen LogP contribution in [0.15, 0.2) is 12.1 Å². The molecule has 1 aromatic carbocycles. The summed E-state index contributed by atoms with van der Waals surface area (Å²) in [6, 6.07) is 3.26. The summed E-state index contributed by atoms with van der Waals surface area (Å²) >= 11 is 0. The largest absolute Gasteiger partial charge is 0.342 e. The molecule has 0 unspecified atom stereocenters. The number of aromatic amines is 1. The smallest absolute Gasteiger partial charge is 0.224 e. The number of nitrogens with zero attached hydrogens (tertiary/aromatic N) is 1. The number of anilines is 1. The molecule has 2 rings (SSSR count). The molecular formula is C12H14FN3O. The highest BCUT2D eigenvalue weighted by Crippen LogP contribution is 2.23. The van der Waals surface area contributed by atoms with Crippen LogP contribution in [0.2, 0.25) is 0 Å². The number of amides is 1. The van der Waals surface area contributed by atoms with Crippen LogP contribution >= 0.6 is 0 Å². The molecular weight excluding hydrogens is 221 g/mol. The maximum atomic E-state index is 14.0. The summed E-state index contributed by atoms with van der Waals surface area (Å²) in [6.07, 6.45) is 1.03. The van der Waals surface area contributed by atoms with Crippen molar-refractivity contribution in [1.29, 1.82) is 0 Å². The lowest BCUT2D eigenvalue weighted by atomic mass is 10.2. The molecule has 1 amide bonds. The Morgan fingerprint density at radius 2 is 2.24 bits per heavy atom. The van der Waals surface area contributed by atoms with E-state index < -0.39 is 5.82 Å². The van der Waals surface area contributed by atoms with E-state index in [0.717, 1.165) is 5.82 Å². The van der Waals surface area contributed by atoms with Crippen LogP contribution in [0.3, 0.4) is 0 Å². The van der Waals surface area contributed by atoms with Crippen LogP contribution in [0.5, 0.6) is 0 Å². The molecule has 2 aromatic rings. The number of rotatable bonds is 3. The van der Waals surface area contributed by atoms with Crippen LogP contribution in [0.25, 0.3) is 11.0 Å². The van der Waals surface area contributed by atoms with Crippen molar-refractivity contribution in [3.05, 3.63) is 23.8 Å². The number of hydrogen-bond acceptors (Lipinski definition) is 2. The molecule has 0 fully saturated rings. The third-order valence-electron chi connectivity index (χ3n) is 2.57. The average molecular weight is 235 g/mol. The number of fused-ring (bicyclic) bond motifs is 1. The average Bonchev–Trinajstić information content (AvgIpc) is 2.76. The summed E-state index contributed by atoms with van der Waals surface area (Å²) in [6.45, 7) is 3.66.